The van der Waals surface area contributed by atoms with Crippen LogP contribution in [-0.4, -0.2) is 43.5 Å². The summed E-state index contributed by atoms with van der Waals surface area (Å²) in [6.07, 6.45) is 3.77. The minimum atomic E-state index is -3.70. The number of fused-ring (bicyclic) bond motifs is 1. The SMILES string of the molecule is CN1CCC(Nc2cccc3c2ccn3S(=O)(=O)c2cccc(Cl)c2)CC1. The van der Waals surface area contributed by atoms with Crippen LogP contribution in [0.1, 0.15) is 12.8 Å². The highest BCUT2D eigenvalue weighted by Gasteiger charge is 2.21. The summed E-state index contributed by atoms with van der Waals surface area (Å²) in [4.78, 5) is 2.51. The van der Waals surface area contributed by atoms with Crippen molar-refractivity contribution in [2.75, 3.05) is 25.5 Å². The average Bonchev–Trinajstić information content (AvgIpc) is 3.10. The summed E-state index contributed by atoms with van der Waals surface area (Å²) in [5, 5.41) is 4.91. The number of rotatable bonds is 4. The second-order valence-corrected chi connectivity index (χ2v) is 9.29. The van der Waals surface area contributed by atoms with Crippen LogP contribution in [0.2, 0.25) is 5.02 Å². The van der Waals surface area contributed by atoms with Gasteiger partial charge in [-0.2, -0.15) is 0 Å². The molecule has 5 nitrogen and oxygen atoms in total. The maximum atomic E-state index is 13.1. The first-order valence-corrected chi connectivity index (χ1v) is 10.8. The first-order valence-electron chi connectivity index (χ1n) is 9.01. The van der Waals surface area contributed by atoms with E-state index in [1.165, 1.54) is 10.0 Å². The predicted molar refractivity (Wildman–Crippen MR) is 110 cm³/mol. The third-order valence-corrected chi connectivity index (χ3v) is 7.05. The number of anilines is 1. The van der Waals surface area contributed by atoms with E-state index in [0.29, 0.717) is 16.6 Å². The van der Waals surface area contributed by atoms with E-state index in [2.05, 4.69) is 17.3 Å². The van der Waals surface area contributed by atoms with E-state index in [1.807, 2.05) is 24.3 Å². The predicted octanol–water partition coefficient (Wildman–Crippen LogP) is 4.04. The summed E-state index contributed by atoms with van der Waals surface area (Å²) in [5.41, 5.74) is 1.63. The van der Waals surface area contributed by atoms with Crippen molar-refractivity contribution in [2.24, 2.45) is 0 Å². The monoisotopic (exact) mass is 403 g/mol. The molecule has 0 amide bonds. The third kappa shape index (κ3) is 3.57. The van der Waals surface area contributed by atoms with Gasteiger partial charge in [-0.25, -0.2) is 12.4 Å². The van der Waals surface area contributed by atoms with Crippen LogP contribution in [0.25, 0.3) is 10.9 Å². The number of likely N-dealkylation sites (tertiary alicyclic amines) is 1. The number of nitrogens with zero attached hydrogens (tertiary/aromatic N) is 2. The molecule has 0 aliphatic carbocycles. The molecule has 0 spiro atoms. The molecule has 0 saturated carbocycles. The van der Waals surface area contributed by atoms with E-state index in [1.54, 1.807) is 24.4 Å². The lowest BCUT2D eigenvalue weighted by Crippen LogP contribution is -2.36. The van der Waals surface area contributed by atoms with E-state index in [9.17, 15) is 8.42 Å². The second-order valence-electron chi connectivity index (χ2n) is 7.03. The number of halogens is 1. The first kappa shape index (κ1) is 18.3. The summed E-state index contributed by atoms with van der Waals surface area (Å²) < 4.78 is 27.5. The third-order valence-electron chi connectivity index (χ3n) is 5.13. The Hall–Kier alpha value is -2.02. The Labute approximate surface area is 164 Å². The summed E-state index contributed by atoms with van der Waals surface area (Å²) in [6.45, 7) is 2.13. The van der Waals surface area contributed by atoms with E-state index in [0.717, 1.165) is 37.0 Å². The Morgan fingerprint density at radius 3 is 2.56 bits per heavy atom. The standard InChI is InChI=1S/C20H22ClN3O2S/c1-23-11-8-16(9-12-23)22-19-6-3-7-20-18(19)10-13-24(20)27(25,26)17-5-2-4-15(21)14-17/h2-7,10,13-14,16,22H,8-9,11-12H2,1H3. The molecule has 0 atom stereocenters. The van der Waals surface area contributed by atoms with Crippen molar-refractivity contribution in [3.8, 4) is 0 Å². The Balaban J connectivity index is 1.70. The van der Waals surface area contributed by atoms with Gasteiger partial charge in [0.1, 0.15) is 0 Å². The maximum Gasteiger partial charge on any atom is 0.268 e. The van der Waals surface area contributed by atoms with Gasteiger partial charge in [-0.1, -0.05) is 23.7 Å². The quantitative estimate of drug-likeness (QED) is 0.714. The molecule has 2 heterocycles. The molecule has 3 aromatic rings. The second kappa shape index (κ2) is 7.19. The van der Waals surface area contributed by atoms with Crippen LogP contribution in [0.15, 0.2) is 59.6 Å². The van der Waals surface area contributed by atoms with Crippen molar-refractivity contribution < 1.29 is 8.42 Å². The maximum absolute atomic E-state index is 13.1. The van der Waals surface area contributed by atoms with Gasteiger partial charge < -0.3 is 10.2 Å². The van der Waals surface area contributed by atoms with E-state index in [4.69, 9.17) is 11.6 Å². The lowest BCUT2D eigenvalue weighted by molar-refractivity contribution is 0.264. The van der Waals surface area contributed by atoms with Crippen LogP contribution in [-0.2, 0) is 10.0 Å². The van der Waals surface area contributed by atoms with Crippen LogP contribution >= 0.6 is 11.6 Å². The van der Waals surface area contributed by atoms with Crippen molar-refractivity contribution in [1.82, 2.24) is 8.87 Å². The van der Waals surface area contributed by atoms with Crippen molar-refractivity contribution in [1.29, 1.82) is 0 Å². The van der Waals surface area contributed by atoms with Gasteiger partial charge in [0.05, 0.1) is 10.4 Å². The van der Waals surface area contributed by atoms with E-state index in [-0.39, 0.29) is 4.90 Å². The Kier molecular flexibility index (Phi) is 4.88. The lowest BCUT2D eigenvalue weighted by atomic mass is 10.0. The smallest absolute Gasteiger partial charge is 0.268 e. The molecule has 0 radical (unpaired) electrons. The fraction of sp³-hybridized carbons (Fsp3) is 0.300. The van der Waals surface area contributed by atoms with Gasteiger partial charge in [0.2, 0.25) is 0 Å². The fourth-order valence-electron chi connectivity index (χ4n) is 3.59. The van der Waals surface area contributed by atoms with Crippen molar-refractivity contribution in [3.63, 3.8) is 0 Å². The largest absolute Gasteiger partial charge is 0.382 e. The molecule has 1 aromatic heterocycles. The van der Waals surface area contributed by atoms with Crippen LogP contribution < -0.4 is 5.32 Å². The minimum absolute atomic E-state index is 0.182. The summed E-state index contributed by atoms with van der Waals surface area (Å²) in [5.74, 6) is 0. The highest BCUT2D eigenvalue weighted by Crippen LogP contribution is 2.29. The van der Waals surface area contributed by atoms with E-state index < -0.39 is 10.0 Å². The number of piperidine rings is 1. The topological polar surface area (TPSA) is 54.3 Å². The molecule has 1 N–H and O–H groups in total. The van der Waals surface area contributed by atoms with Crippen LogP contribution in [0.3, 0.4) is 0 Å². The van der Waals surface area contributed by atoms with Crippen LogP contribution in [0.4, 0.5) is 5.69 Å². The highest BCUT2D eigenvalue weighted by molar-refractivity contribution is 7.90. The van der Waals surface area contributed by atoms with Gasteiger partial charge in [0.25, 0.3) is 10.0 Å². The molecule has 4 rings (SSSR count). The van der Waals surface area contributed by atoms with Gasteiger partial charge in [-0.05, 0) is 69.4 Å². The zero-order valence-corrected chi connectivity index (χ0v) is 16.7. The molecular formula is C20H22ClN3O2S. The molecule has 7 heteroatoms. The van der Waals surface area contributed by atoms with Crippen LogP contribution in [0.5, 0.6) is 0 Å². The van der Waals surface area contributed by atoms with Crippen LogP contribution in [0, 0.1) is 0 Å². The van der Waals surface area contributed by atoms with Gasteiger partial charge in [-0.15, -0.1) is 0 Å². The molecule has 0 bridgehead atoms. The first-order chi connectivity index (χ1) is 12.9. The van der Waals surface area contributed by atoms with Crippen molar-refractivity contribution in [2.45, 2.75) is 23.8 Å². The summed E-state index contributed by atoms with van der Waals surface area (Å²) >= 11 is 5.99. The zero-order chi connectivity index (χ0) is 19.0. The van der Waals surface area contributed by atoms with Crippen molar-refractivity contribution >= 4 is 38.2 Å². The molecule has 2 aromatic carbocycles. The van der Waals surface area contributed by atoms with Gasteiger partial charge >= 0.3 is 0 Å². The molecule has 27 heavy (non-hydrogen) atoms. The Morgan fingerprint density at radius 1 is 1.07 bits per heavy atom. The molecular weight excluding hydrogens is 382 g/mol. The minimum Gasteiger partial charge on any atom is -0.382 e. The van der Waals surface area contributed by atoms with Gasteiger partial charge in [0, 0.05) is 28.3 Å². The lowest BCUT2D eigenvalue weighted by Gasteiger charge is -2.30. The number of hydrogen-bond acceptors (Lipinski definition) is 4. The number of benzene rings is 2. The van der Waals surface area contributed by atoms with Crippen molar-refractivity contribution in [3.05, 3.63) is 59.8 Å². The molecule has 1 saturated heterocycles. The normalized spacial score (nSPS) is 16.7. The summed E-state index contributed by atoms with van der Waals surface area (Å²) in [6, 6.07) is 14.3. The Bertz CT molecular complexity index is 1070. The fourth-order valence-corrected chi connectivity index (χ4v) is 5.24. The average molecular weight is 404 g/mol. The number of hydrogen-bond donors (Lipinski definition) is 1. The highest BCUT2D eigenvalue weighted by atomic mass is 35.5. The number of nitrogens with one attached hydrogen (secondary N) is 1. The van der Waals surface area contributed by atoms with E-state index >= 15 is 0 Å². The molecule has 1 aliphatic heterocycles. The van der Waals surface area contributed by atoms with Gasteiger partial charge in [0.15, 0.2) is 0 Å². The van der Waals surface area contributed by atoms with Gasteiger partial charge in [-0.3, -0.25) is 0 Å². The number of aromatic nitrogens is 1. The molecule has 0 unspecified atom stereocenters. The molecule has 1 aliphatic rings. The zero-order valence-electron chi connectivity index (χ0n) is 15.1. The Morgan fingerprint density at radius 2 is 1.81 bits per heavy atom. The molecule has 142 valence electrons. The summed E-state index contributed by atoms with van der Waals surface area (Å²) in [7, 11) is -1.57. The molecule has 1 fully saturated rings.